The average Bonchev–Trinajstić information content (AvgIpc) is 2.62. The Kier molecular flexibility index (Phi) is 4.83. The van der Waals surface area contributed by atoms with Crippen molar-refractivity contribution >= 4 is 5.91 Å². The van der Waals surface area contributed by atoms with Crippen molar-refractivity contribution in [1.29, 1.82) is 0 Å². The molecule has 1 unspecified atom stereocenters. The van der Waals surface area contributed by atoms with E-state index in [1.807, 2.05) is 6.07 Å². The third-order valence-electron chi connectivity index (χ3n) is 4.65. The Morgan fingerprint density at radius 1 is 1.32 bits per heavy atom. The monoisotopic (exact) mass is 345 g/mol. The molecule has 0 radical (unpaired) electrons. The second kappa shape index (κ2) is 7.04. The normalized spacial score (nSPS) is 17.5. The fourth-order valence-electron chi connectivity index (χ4n) is 3.30. The van der Waals surface area contributed by atoms with Crippen molar-refractivity contribution < 1.29 is 9.18 Å². The van der Waals surface area contributed by atoms with Crippen LogP contribution in [0, 0.1) is 5.82 Å². The first-order valence-corrected chi connectivity index (χ1v) is 8.30. The summed E-state index contributed by atoms with van der Waals surface area (Å²) in [5.41, 5.74) is 0.0197. The van der Waals surface area contributed by atoms with Crippen molar-refractivity contribution in [3.05, 3.63) is 68.2 Å². The van der Waals surface area contributed by atoms with Crippen molar-refractivity contribution in [2.75, 3.05) is 6.54 Å². The van der Waals surface area contributed by atoms with E-state index in [-0.39, 0.29) is 29.8 Å². The van der Waals surface area contributed by atoms with Crippen molar-refractivity contribution in [2.45, 2.75) is 31.7 Å². The number of amides is 1. The average molecular weight is 345 g/mol. The largest absolute Gasteiger partial charge is 0.335 e. The number of nitrogens with zero attached hydrogens (tertiary/aromatic N) is 2. The molecule has 1 aliphatic rings. The van der Waals surface area contributed by atoms with Crippen LogP contribution in [0.15, 0.2) is 40.1 Å². The van der Waals surface area contributed by atoms with Crippen LogP contribution in [0.3, 0.4) is 0 Å². The quantitative estimate of drug-likeness (QED) is 0.916. The van der Waals surface area contributed by atoms with Gasteiger partial charge in [-0.05, 0) is 37.0 Å². The summed E-state index contributed by atoms with van der Waals surface area (Å²) in [5.74, 6) is -0.525. The van der Waals surface area contributed by atoms with Crippen molar-refractivity contribution in [3.63, 3.8) is 0 Å². The molecule has 1 fully saturated rings. The molecule has 1 N–H and O–H groups in total. The van der Waals surface area contributed by atoms with Crippen molar-refractivity contribution in [3.8, 4) is 0 Å². The van der Waals surface area contributed by atoms with Crippen molar-refractivity contribution in [1.82, 2.24) is 14.5 Å². The smallest absolute Gasteiger partial charge is 0.328 e. The highest BCUT2D eigenvalue weighted by molar-refractivity contribution is 5.79. The van der Waals surface area contributed by atoms with E-state index in [2.05, 4.69) is 4.98 Å². The summed E-state index contributed by atoms with van der Waals surface area (Å²) in [6, 6.07) is 6.10. The van der Waals surface area contributed by atoms with Gasteiger partial charge in [0.25, 0.3) is 5.56 Å². The molecule has 0 bridgehead atoms. The van der Waals surface area contributed by atoms with Crippen LogP contribution < -0.4 is 11.2 Å². The van der Waals surface area contributed by atoms with E-state index in [1.165, 1.54) is 25.4 Å². The molecule has 1 aromatic carbocycles. The second-order valence-corrected chi connectivity index (χ2v) is 6.31. The summed E-state index contributed by atoms with van der Waals surface area (Å²) in [7, 11) is 1.37. The minimum atomic E-state index is -0.517. The Labute approximate surface area is 143 Å². The molecular formula is C18H20FN3O3. The van der Waals surface area contributed by atoms with Crippen LogP contribution >= 0.6 is 0 Å². The third kappa shape index (κ3) is 3.55. The second-order valence-electron chi connectivity index (χ2n) is 6.31. The summed E-state index contributed by atoms with van der Waals surface area (Å²) in [5, 5.41) is 0. The number of hydrogen-bond donors (Lipinski definition) is 1. The minimum Gasteiger partial charge on any atom is -0.335 e. The van der Waals surface area contributed by atoms with Gasteiger partial charge in [-0.25, -0.2) is 9.18 Å². The number of nitrogens with one attached hydrogen (secondary N) is 1. The fraction of sp³-hybridized carbons (Fsp3) is 0.389. The number of carbonyl (C=O) groups is 1. The SMILES string of the molecule is Cn1c(=O)[nH]cc(CC(=O)N2CCCCC2c2cccc(F)c2)c1=O. The summed E-state index contributed by atoms with van der Waals surface area (Å²) in [6.07, 6.45) is 3.81. The highest BCUT2D eigenvalue weighted by atomic mass is 19.1. The molecule has 6 nitrogen and oxygen atoms in total. The topological polar surface area (TPSA) is 75.2 Å². The zero-order valence-electron chi connectivity index (χ0n) is 14.0. The highest BCUT2D eigenvalue weighted by Gasteiger charge is 2.28. The summed E-state index contributed by atoms with van der Waals surface area (Å²) in [4.78, 5) is 40.5. The van der Waals surface area contributed by atoms with Gasteiger partial charge in [-0.2, -0.15) is 0 Å². The van der Waals surface area contributed by atoms with Crippen LogP contribution in [0.25, 0.3) is 0 Å². The van der Waals surface area contributed by atoms with Gasteiger partial charge in [-0.3, -0.25) is 14.2 Å². The maximum Gasteiger partial charge on any atom is 0.328 e. The predicted molar refractivity (Wildman–Crippen MR) is 90.7 cm³/mol. The lowest BCUT2D eigenvalue weighted by Crippen LogP contribution is -2.41. The van der Waals surface area contributed by atoms with Gasteiger partial charge in [0, 0.05) is 25.4 Å². The minimum absolute atomic E-state index is 0.0880. The van der Waals surface area contributed by atoms with E-state index in [0.29, 0.717) is 6.54 Å². The van der Waals surface area contributed by atoms with Crippen LogP contribution in [0.4, 0.5) is 4.39 Å². The molecule has 1 saturated heterocycles. The number of carbonyl (C=O) groups excluding carboxylic acids is 1. The van der Waals surface area contributed by atoms with Crippen LogP contribution in [0.2, 0.25) is 0 Å². The maximum absolute atomic E-state index is 13.6. The number of benzene rings is 1. The Hall–Kier alpha value is -2.70. The first kappa shape index (κ1) is 17.1. The predicted octanol–water partition coefficient (Wildman–Crippen LogP) is 1.51. The van der Waals surface area contributed by atoms with Gasteiger partial charge in [-0.1, -0.05) is 12.1 Å². The number of hydrogen-bond acceptors (Lipinski definition) is 3. The number of piperidine rings is 1. The number of rotatable bonds is 3. The van der Waals surface area contributed by atoms with Gasteiger partial charge in [0.15, 0.2) is 0 Å². The molecule has 25 heavy (non-hydrogen) atoms. The molecule has 1 aromatic heterocycles. The molecule has 3 rings (SSSR count). The van der Waals surface area contributed by atoms with E-state index < -0.39 is 11.2 Å². The lowest BCUT2D eigenvalue weighted by atomic mass is 9.94. The van der Waals surface area contributed by atoms with E-state index >= 15 is 0 Å². The summed E-state index contributed by atoms with van der Waals surface area (Å²) in [6.45, 7) is 0.573. The number of likely N-dealkylation sites (tertiary alicyclic amines) is 1. The van der Waals surface area contributed by atoms with Crippen molar-refractivity contribution in [2.24, 2.45) is 7.05 Å². The lowest BCUT2D eigenvalue weighted by Gasteiger charge is -2.36. The Morgan fingerprint density at radius 2 is 2.12 bits per heavy atom. The van der Waals surface area contributed by atoms with E-state index in [1.54, 1.807) is 11.0 Å². The van der Waals surface area contributed by atoms with Gasteiger partial charge < -0.3 is 9.88 Å². The molecule has 7 heteroatoms. The van der Waals surface area contributed by atoms with Gasteiger partial charge in [0.2, 0.25) is 5.91 Å². The van der Waals surface area contributed by atoms with Gasteiger partial charge in [0.1, 0.15) is 5.82 Å². The van der Waals surface area contributed by atoms with E-state index in [0.717, 1.165) is 29.4 Å². The highest BCUT2D eigenvalue weighted by Crippen LogP contribution is 2.31. The molecule has 132 valence electrons. The molecule has 0 saturated carbocycles. The van der Waals surface area contributed by atoms with Crippen LogP contribution in [-0.2, 0) is 18.3 Å². The molecule has 2 aromatic rings. The molecular weight excluding hydrogens is 325 g/mol. The van der Waals surface area contributed by atoms with Gasteiger partial charge >= 0.3 is 5.69 Å². The fourth-order valence-corrected chi connectivity index (χ4v) is 3.30. The van der Waals surface area contributed by atoms with Gasteiger partial charge in [-0.15, -0.1) is 0 Å². The molecule has 1 aliphatic heterocycles. The van der Waals surface area contributed by atoms with E-state index in [4.69, 9.17) is 0 Å². The first-order valence-electron chi connectivity index (χ1n) is 8.30. The van der Waals surface area contributed by atoms with Crippen LogP contribution in [0.5, 0.6) is 0 Å². The zero-order valence-corrected chi connectivity index (χ0v) is 14.0. The zero-order chi connectivity index (χ0) is 18.0. The Morgan fingerprint density at radius 3 is 2.88 bits per heavy atom. The van der Waals surface area contributed by atoms with Crippen LogP contribution in [0.1, 0.15) is 36.4 Å². The number of H-pyrrole nitrogens is 1. The number of halogens is 1. The summed E-state index contributed by atoms with van der Waals surface area (Å²) >= 11 is 0. The third-order valence-corrected chi connectivity index (χ3v) is 4.65. The standard InChI is InChI=1S/C18H20FN3O3/c1-21-17(24)13(11-20-18(21)25)10-16(23)22-8-3-2-7-15(22)12-5-4-6-14(19)9-12/h4-6,9,11,15H,2-3,7-8,10H2,1H3,(H,20,25). The molecule has 1 amide bonds. The lowest BCUT2D eigenvalue weighted by molar-refractivity contribution is -0.134. The molecule has 0 spiro atoms. The first-order chi connectivity index (χ1) is 12.0. The maximum atomic E-state index is 13.6. The number of aromatic amines is 1. The molecule has 1 atom stereocenters. The molecule has 2 heterocycles. The summed E-state index contributed by atoms with van der Waals surface area (Å²) < 4.78 is 14.5. The van der Waals surface area contributed by atoms with Gasteiger partial charge in [0.05, 0.1) is 12.5 Å². The molecule has 0 aliphatic carbocycles. The Balaban J connectivity index is 1.85. The van der Waals surface area contributed by atoms with Crippen LogP contribution in [-0.4, -0.2) is 26.9 Å². The Bertz CT molecular complexity index is 903. The van der Waals surface area contributed by atoms with E-state index in [9.17, 15) is 18.8 Å². The number of aromatic nitrogens is 2.